The maximum absolute atomic E-state index is 13.7. The van der Waals surface area contributed by atoms with Gasteiger partial charge in [0.05, 0.1) is 17.8 Å². The Morgan fingerprint density at radius 2 is 1.96 bits per heavy atom. The summed E-state index contributed by atoms with van der Waals surface area (Å²) in [6, 6.07) is 9.60. The zero-order valence-electron chi connectivity index (χ0n) is 12.4. The van der Waals surface area contributed by atoms with Crippen LogP contribution in [0.4, 0.5) is 15.8 Å². The number of amides is 2. The second-order valence-electron chi connectivity index (χ2n) is 5.42. The fraction of sp³-hybridized carbons (Fsp3) is 0.176. The van der Waals surface area contributed by atoms with E-state index < -0.39 is 17.8 Å². The smallest absolute Gasteiger partial charge is 0.256 e. The second-order valence-corrected chi connectivity index (χ2v) is 5.42. The van der Waals surface area contributed by atoms with Gasteiger partial charge in [-0.2, -0.15) is 0 Å². The van der Waals surface area contributed by atoms with E-state index >= 15 is 0 Å². The number of rotatable bonds is 3. The minimum Gasteiger partial charge on any atom is -0.508 e. The van der Waals surface area contributed by atoms with Crippen LogP contribution < -0.4 is 10.2 Å². The largest absolute Gasteiger partial charge is 0.508 e. The normalized spacial score (nSPS) is 17.7. The molecule has 0 aromatic heterocycles. The summed E-state index contributed by atoms with van der Waals surface area (Å²) < 4.78 is 13.7. The first-order valence-corrected chi connectivity index (χ1v) is 7.15. The second kappa shape index (κ2) is 5.72. The van der Waals surface area contributed by atoms with E-state index in [1.807, 2.05) is 0 Å². The van der Waals surface area contributed by atoms with Crippen LogP contribution in [0.1, 0.15) is 12.0 Å². The minimum absolute atomic E-state index is 0.0481. The molecular weight excluding hydrogens is 299 g/mol. The van der Waals surface area contributed by atoms with Crippen molar-refractivity contribution < 1.29 is 19.1 Å². The van der Waals surface area contributed by atoms with Gasteiger partial charge in [-0.25, -0.2) is 9.29 Å². The summed E-state index contributed by atoms with van der Waals surface area (Å²) in [7, 11) is 0. The molecule has 0 bridgehead atoms. The van der Waals surface area contributed by atoms with Crippen LogP contribution in [0.25, 0.3) is 0 Å². The van der Waals surface area contributed by atoms with Gasteiger partial charge < -0.3 is 10.4 Å². The Morgan fingerprint density at radius 3 is 2.65 bits per heavy atom. The number of phenols is 1. The average Bonchev–Trinajstić information content (AvgIpc) is 2.77. The van der Waals surface area contributed by atoms with E-state index in [0.29, 0.717) is 11.3 Å². The lowest BCUT2D eigenvalue weighted by atomic mass is 10.1. The van der Waals surface area contributed by atoms with Gasteiger partial charge in [0.25, 0.3) is 5.91 Å². The molecule has 3 rings (SSSR count). The highest BCUT2D eigenvalue weighted by Gasteiger charge is 2.40. The molecule has 1 atom stereocenters. The number of nitrogens with zero attached hydrogens (tertiary/aromatic N) is 1. The van der Waals surface area contributed by atoms with Crippen LogP contribution in [0, 0.1) is 12.7 Å². The molecular formula is C17H15FN2O3. The third-order valence-electron chi connectivity index (χ3n) is 3.77. The van der Waals surface area contributed by atoms with Gasteiger partial charge in [0.15, 0.2) is 0 Å². The van der Waals surface area contributed by atoms with Crippen molar-refractivity contribution in [2.24, 2.45) is 0 Å². The fourth-order valence-electron chi connectivity index (χ4n) is 2.65. The van der Waals surface area contributed by atoms with Crippen LogP contribution in [-0.4, -0.2) is 23.0 Å². The molecule has 5 nitrogen and oxygen atoms in total. The Morgan fingerprint density at radius 1 is 1.22 bits per heavy atom. The Kier molecular flexibility index (Phi) is 3.73. The first kappa shape index (κ1) is 15.0. The highest BCUT2D eigenvalue weighted by Crippen LogP contribution is 2.30. The molecule has 2 N–H and O–H groups in total. The van der Waals surface area contributed by atoms with Crippen molar-refractivity contribution in [3.63, 3.8) is 0 Å². The van der Waals surface area contributed by atoms with Crippen molar-refractivity contribution >= 4 is 23.2 Å². The molecule has 1 unspecified atom stereocenters. The zero-order valence-corrected chi connectivity index (χ0v) is 12.4. The highest BCUT2D eigenvalue weighted by molar-refractivity contribution is 6.23. The van der Waals surface area contributed by atoms with Gasteiger partial charge in [-0.05, 0) is 42.8 Å². The number of aryl methyl sites for hydroxylation is 1. The maximum atomic E-state index is 13.7. The predicted octanol–water partition coefficient (Wildman–Crippen LogP) is 2.58. The number of phenolic OH excluding ortho intramolecular Hbond substituents is 1. The molecule has 0 aliphatic carbocycles. The molecule has 2 aromatic carbocycles. The van der Waals surface area contributed by atoms with E-state index in [2.05, 4.69) is 5.32 Å². The van der Waals surface area contributed by atoms with Crippen molar-refractivity contribution in [3.8, 4) is 5.75 Å². The van der Waals surface area contributed by atoms with Crippen molar-refractivity contribution in [3.05, 3.63) is 53.8 Å². The lowest BCUT2D eigenvalue weighted by Crippen LogP contribution is -2.35. The van der Waals surface area contributed by atoms with E-state index in [9.17, 15) is 19.1 Å². The Bertz CT molecular complexity index is 791. The SMILES string of the molecule is Cc1cc(O)ccc1N1C(=O)CC(Nc2ccccc2F)C1=O. The molecule has 1 heterocycles. The summed E-state index contributed by atoms with van der Waals surface area (Å²) in [5.41, 5.74) is 1.22. The number of nitrogens with one attached hydrogen (secondary N) is 1. The molecule has 0 spiro atoms. The van der Waals surface area contributed by atoms with Crippen LogP contribution in [-0.2, 0) is 9.59 Å². The monoisotopic (exact) mass is 314 g/mol. The van der Waals surface area contributed by atoms with Gasteiger partial charge in [-0.15, -0.1) is 0 Å². The highest BCUT2D eigenvalue weighted by atomic mass is 19.1. The molecule has 2 aromatic rings. The zero-order chi connectivity index (χ0) is 16.6. The number of aromatic hydroxyl groups is 1. The molecule has 1 fully saturated rings. The topological polar surface area (TPSA) is 69.6 Å². The molecule has 6 heteroatoms. The number of para-hydroxylation sites is 1. The average molecular weight is 314 g/mol. The summed E-state index contributed by atoms with van der Waals surface area (Å²) in [4.78, 5) is 25.8. The van der Waals surface area contributed by atoms with E-state index in [1.165, 1.54) is 30.3 Å². The van der Waals surface area contributed by atoms with Crippen LogP contribution in [0.2, 0.25) is 0 Å². The molecule has 0 saturated carbocycles. The van der Waals surface area contributed by atoms with Crippen molar-refractivity contribution in [1.82, 2.24) is 0 Å². The minimum atomic E-state index is -0.812. The van der Waals surface area contributed by atoms with Crippen LogP contribution in [0.3, 0.4) is 0 Å². The van der Waals surface area contributed by atoms with Crippen molar-refractivity contribution in [1.29, 1.82) is 0 Å². The summed E-state index contributed by atoms with van der Waals surface area (Å²) >= 11 is 0. The Hall–Kier alpha value is -2.89. The van der Waals surface area contributed by atoms with E-state index in [0.717, 1.165) is 4.90 Å². The van der Waals surface area contributed by atoms with Gasteiger partial charge in [0.1, 0.15) is 17.6 Å². The summed E-state index contributed by atoms with van der Waals surface area (Å²) in [5, 5.41) is 12.2. The standard InChI is InChI=1S/C17H15FN2O3/c1-10-8-11(21)6-7-15(10)20-16(22)9-14(17(20)23)19-13-5-3-2-4-12(13)18/h2-8,14,19,21H,9H2,1H3. The predicted molar refractivity (Wildman–Crippen MR) is 83.8 cm³/mol. The van der Waals surface area contributed by atoms with Crippen molar-refractivity contribution in [2.75, 3.05) is 10.2 Å². The van der Waals surface area contributed by atoms with Gasteiger partial charge in [-0.3, -0.25) is 9.59 Å². The molecule has 2 amide bonds. The number of hydrogen-bond donors (Lipinski definition) is 2. The van der Waals surface area contributed by atoms with Crippen LogP contribution in [0.5, 0.6) is 5.75 Å². The van der Waals surface area contributed by atoms with Crippen LogP contribution in [0.15, 0.2) is 42.5 Å². The van der Waals surface area contributed by atoms with E-state index in [-0.39, 0.29) is 23.8 Å². The quantitative estimate of drug-likeness (QED) is 0.854. The Labute approximate surface area is 132 Å². The van der Waals surface area contributed by atoms with Crippen LogP contribution >= 0.6 is 0 Å². The van der Waals surface area contributed by atoms with Gasteiger partial charge >= 0.3 is 0 Å². The van der Waals surface area contributed by atoms with E-state index in [1.54, 1.807) is 19.1 Å². The number of benzene rings is 2. The number of hydrogen-bond acceptors (Lipinski definition) is 4. The maximum Gasteiger partial charge on any atom is 0.256 e. The lowest BCUT2D eigenvalue weighted by molar-refractivity contribution is -0.121. The number of anilines is 2. The first-order valence-electron chi connectivity index (χ1n) is 7.15. The summed E-state index contributed by atoms with van der Waals surface area (Å²) in [6.45, 7) is 1.70. The molecule has 0 radical (unpaired) electrons. The third-order valence-corrected chi connectivity index (χ3v) is 3.77. The number of halogens is 1. The van der Waals surface area contributed by atoms with Gasteiger partial charge in [0.2, 0.25) is 5.91 Å². The number of carbonyl (C=O) groups is 2. The molecule has 118 valence electrons. The lowest BCUT2D eigenvalue weighted by Gasteiger charge is -2.18. The summed E-state index contributed by atoms with van der Waals surface area (Å²) in [6.07, 6.45) is -0.0481. The third kappa shape index (κ3) is 2.75. The van der Waals surface area contributed by atoms with Crippen molar-refractivity contribution in [2.45, 2.75) is 19.4 Å². The van der Waals surface area contributed by atoms with Gasteiger partial charge in [-0.1, -0.05) is 12.1 Å². The first-order chi connectivity index (χ1) is 11.0. The summed E-state index contributed by atoms with van der Waals surface area (Å²) in [5.74, 6) is -1.22. The number of imide groups is 1. The fourth-order valence-corrected chi connectivity index (χ4v) is 2.65. The number of carbonyl (C=O) groups excluding carboxylic acids is 2. The molecule has 1 saturated heterocycles. The molecule has 23 heavy (non-hydrogen) atoms. The van der Waals surface area contributed by atoms with E-state index in [4.69, 9.17) is 0 Å². The molecule has 1 aliphatic rings. The molecule has 1 aliphatic heterocycles. The van der Waals surface area contributed by atoms with Gasteiger partial charge in [0, 0.05) is 0 Å². The Balaban J connectivity index is 1.87.